The van der Waals surface area contributed by atoms with E-state index in [1.54, 1.807) is 0 Å². The lowest BCUT2D eigenvalue weighted by atomic mass is 9.78. The van der Waals surface area contributed by atoms with Gasteiger partial charge >= 0.3 is 0 Å². The molecule has 1 heterocycles. The van der Waals surface area contributed by atoms with Crippen LogP contribution in [0.2, 0.25) is 0 Å². The molecule has 160 valence electrons. The molecule has 2 aromatic rings. The maximum absolute atomic E-state index is 13.1. The molecular weight excluding hydrogens is 375 g/mol. The summed E-state index contributed by atoms with van der Waals surface area (Å²) in [4.78, 5) is 0. The standard InChI is InChI=1S/C27H33FO2/c1-2-3-4-5-20-18-29-27(30-19-20)25-12-10-23(11-13-25)21-6-8-22(9-7-21)24-14-16-26(28)17-15-24/h2,6-9,14-17,20,23,25,27H,1,3-5,10-13,18-19H2. The molecule has 4 rings (SSSR count). The van der Waals surface area contributed by atoms with E-state index in [0.29, 0.717) is 17.8 Å². The molecule has 0 unspecified atom stereocenters. The van der Waals surface area contributed by atoms with E-state index in [2.05, 4.69) is 30.8 Å². The van der Waals surface area contributed by atoms with Crippen LogP contribution < -0.4 is 0 Å². The van der Waals surface area contributed by atoms with E-state index < -0.39 is 0 Å². The zero-order valence-corrected chi connectivity index (χ0v) is 17.8. The lowest BCUT2D eigenvalue weighted by molar-refractivity contribution is -0.229. The Kier molecular flexibility index (Phi) is 7.35. The minimum atomic E-state index is -0.193. The number of allylic oxidation sites excluding steroid dienone is 1. The number of rotatable bonds is 7. The van der Waals surface area contributed by atoms with Gasteiger partial charge in [-0.25, -0.2) is 4.39 Å². The number of hydrogen-bond acceptors (Lipinski definition) is 2. The Morgan fingerprint density at radius 3 is 2.07 bits per heavy atom. The van der Waals surface area contributed by atoms with Gasteiger partial charge in [0.1, 0.15) is 5.82 Å². The van der Waals surface area contributed by atoms with Crippen molar-refractivity contribution in [3.63, 3.8) is 0 Å². The lowest BCUT2D eigenvalue weighted by Gasteiger charge is -2.37. The third kappa shape index (κ3) is 5.39. The zero-order valence-electron chi connectivity index (χ0n) is 17.8. The van der Waals surface area contributed by atoms with Gasteiger partial charge in [-0.05, 0) is 79.7 Å². The van der Waals surface area contributed by atoms with Crippen LogP contribution in [0.25, 0.3) is 11.1 Å². The summed E-state index contributed by atoms with van der Waals surface area (Å²) < 4.78 is 25.3. The molecule has 0 amide bonds. The van der Waals surface area contributed by atoms with Crippen LogP contribution in [-0.2, 0) is 9.47 Å². The van der Waals surface area contributed by atoms with Crippen molar-refractivity contribution in [3.05, 3.63) is 72.6 Å². The quantitative estimate of drug-likeness (QED) is 0.359. The summed E-state index contributed by atoms with van der Waals surface area (Å²) in [5.74, 6) is 1.48. The Morgan fingerprint density at radius 2 is 1.47 bits per heavy atom. The summed E-state index contributed by atoms with van der Waals surface area (Å²) in [6.45, 7) is 5.47. The van der Waals surface area contributed by atoms with Crippen LogP contribution in [0.5, 0.6) is 0 Å². The second-order valence-electron chi connectivity index (χ2n) is 8.86. The lowest BCUT2D eigenvalue weighted by Crippen LogP contribution is -2.38. The predicted octanol–water partition coefficient (Wildman–Crippen LogP) is 7.11. The van der Waals surface area contributed by atoms with E-state index in [1.807, 2.05) is 18.2 Å². The summed E-state index contributed by atoms with van der Waals surface area (Å²) in [5, 5.41) is 0. The van der Waals surface area contributed by atoms with Gasteiger partial charge in [-0.3, -0.25) is 0 Å². The van der Waals surface area contributed by atoms with Crippen molar-refractivity contribution in [3.8, 4) is 11.1 Å². The van der Waals surface area contributed by atoms with Gasteiger partial charge in [-0.2, -0.15) is 0 Å². The van der Waals surface area contributed by atoms with Crippen LogP contribution >= 0.6 is 0 Å². The fourth-order valence-corrected chi connectivity index (χ4v) is 4.86. The molecule has 1 aliphatic carbocycles. The summed E-state index contributed by atoms with van der Waals surface area (Å²) in [7, 11) is 0. The van der Waals surface area contributed by atoms with E-state index in [1.165, 1.54) is 43.4 Å². The molecular formula is C27H33FO2. The largest absolute Gasteiger partial charge is 0.352 e. The number of benzene rings is 2. The second kappa shape index (κ2) is 10.4. The molecule has 3 heteroatoms. The molecule has 0 radical (unpaired) electrons. The third-order valence-electron chi connectivity index (χ3n) is 6.73. The molecule has 1 aliphatic heterocycles. The van der Waals surface area contributed by atoms with Gasteiger partial charge in [0.05, 0.1) is 13.2 Å². The van der Waals surface area contributed by atoms with Gasteiger partial charge in [0.25, 0.3) is 0 Å². The van der Waals surface area contributed by atoms with Crippen molar-refractivity contribution < 1.29 is 13.9 Å². The normalized spacial score (nSPS) is 27.0. The summed E-state index contributed by atoms with van der Waals surface area (Å²) in [6.07, 6.45) is 10.1. The fraction of sp³-hybridized carbons (Fsp3) is 0.481. The Hall–Kier alpha value is -1.97. The van der Waals surface area contributed by atoms with Crippen molar-refractivity contribution in [2.24, 2.45) is 11.8 Å². The Morgan fingerprint density at radius 1 is 0.867 bits per heavy atom. The Balaban J connectivity index is 1.25. The van der Waals surface area contributed by atoms with Crippen LogP contribution in [0.1, 0.15) is 56.4 Å². The van der Waals surface area contributed by atoms with Gasteiger partial charge < -0.3 is 9.47 Å². The van der Waals surface area contributed by atoms with E-state index in [4.69, 9.17) is 9.47 Å². The minimum Gasteiger partial charge on any atom is -0.352 e. The highest BCUT2D eigenvalue weighted by atomic mass is 19.1. The number of halogens is 1. The van der Waals surface area contributed by atoms with Crippen molar-refractivity contribution in [2.75, 3.05) is 13.2 Å². The molecule has 2 aromatic carbocycles. The van der Waals surface area contributed by atoms with Crippen LogP contribution in [0.15, 0.2) is 61.2 Å². The van der Waals surface area contributed by atoms with Crippen molar-refractivity contribution in [2.45, 2.75) is 57.2 Å². The van der Waals surface area contributed by atoms with Crippen molar-refractivity contribution in [1.82, 2.24) is 0 Å². The zero-order chi connectivity index (χ0) is 20.8. The predicted molar refractivity (Wildman–Crippen MR) is 120 cm³/mol. The summed E-state index contributed by atoms with van der Waals surface area (Å²) >= 11 is 0. The first kappa shape index (κ1) is 21.3. The SMILES string of the molecule is C=CCCCC1COC(C2CCC(c3ccc(-c4ccc(F)cc4)cc3)CC2)OC1. The number of unbranched alkanes of at least 4 members (excludes halogenated alkanes) is 1. The van der Waals surface area contributed by atoms with Crippen LogP contribution in [0, 0.1) is 17.7 Å². The Labute approximate surface area is 180 Å². The molecule has 2 aliphatic rings. The van der Waals surface area contributed by atoms with Crippen molar-refractivity contribution in [1.29, 1.82) is 0 Å². The molecule has 0 atom stereocenters. The van der Waals surface area contributed by atoms with Crippen LogP contribution in [0.3, 0.4) is 0 Å². The smallest absolute Gasteiger partial charge is 0.160 e. The van der Waals surface area contributed by atoms with Gasteiger partial charge in [-0.15, -0.1) is 6.58 Å². The summed E-state index contributed by atoms with van der Waals surface area (Å²) in [6, 6.07) is 15.5. The first-order valence-electron chi connectivity index (χ1n) is 11.4. The average Bonchev–Trinajstić information content (AvgIpc) is 2.81. The number of hydrogen-bond donors (Lipinski definition) is 0. The molecule has 1 saturated carbocycles. The molecule has 2 nitrogen and oxygen atoms in total. The van der Waals surface area contributed by atoms with Gasteiger partial charge in [-0.1, -0.05) is 42.5 Å². The first-order valence-corrected chi connectivity index (χ1v) is 11.4. The first-order chi connectivity index (χ1) is 14.7. The molecule has 0 N–H and O–H groups in total. The highest BCUT2D eigenvalue weighted by molar-refractivity contribution is 5.63. The van der Waals surface area contributed by atoms with E-state index in [-0.39, 0.29) is 12.1 Å². The molecule has 0 bridgehead atoms. The second-order valence-corrected chi connectivity index (χ2v) is 8.86. The highest BCUT2D eigenvalue weighted by Crippen LogP contribution is 2.39. The van der Waals surface area contributed by atoms with Crippen LogP contribution in [0.4, 0.5) is 4.39 Å². The average molecular weight is 409 g/mol. The summed E-state index contributed by atoms with van der Waals surface area (Å²) in [5.41, 5.74) is 3.60. The maximum atomic E-state index is 13.1. The molecule has 0 spiro atoms. The topological polar surface area (TPSA) is 18.5 Å². The minimum absolute atomic E-state index is 0.0116. The fourth-order valence-electron chi connectivity index (χ4n) is 4.86. The van der Waals surface area contributed by atoms with Gasteiger partial charge in [0.2, 0.25) is 0 Å². The highest BCUT2D eigenvalue weighted by Gasteiger charge is 2.32. The van der Waals surface area contributed by atoms with Gasteiger partial charge in [0, 0.05) is 11.8 Å². The van der Waals surface area contributed by atoms with Crippen LogP contribution in [-0.4, -0.2) is 19.5 Å². The molecule has 30 heavy (non-hydrogen) atoms. The molecule has 0 aromatic heterocycles. The molecule has 2 fully saturated rings. The van der Waals surface area contributed by atoms with E-state index in [0.717, 1.165) is 43.6 Å². The van der Waals surface area contributed by atoms with E-state index >= 15 is 0 Å². The maximum Gasteiger partial charge on any atom is 0.160 e. The van der Waals surface area contributed by atoms with Gasteiger partial charge in [0.15, 0.2) is 6.29 Å². The van der Waals surface area contributed by atoms with E-state index in [9.17, 15) is 4.39 Å². The molecule has 1 saturated heterocycles. The number of ether oxygens (including phenoxy) is 2. The monoisotopic (exact) mass is 408 g/mol. The van der Waals surface area contributed by atoms with Crippen molar-refractivity contribution >= 4 is 0 Å². The third-order valence-corrected chi connectivity index (χ3v) is 6.73. The Bertz CT molecular complexity index is 783.